The average Bonchev–Trinajstić information content (AvgIpc) is 2.98. The zero-order valence-electron chi connectivity index (χ0n) is 21.6. The van der Waals surface area contributed by atoms with Crippen LogP contribution in [0.15, 0.2) is 115 Å². The second-order valence-electron chi connectivity index (χ2n) is 8.69. The maximum atomic E-state index is 14.4. The summed E-state index contributed by atoms with van der Waals surface area (Å²) in [5.41, 5.74) is 6.94. The minimum absolute atomic E-state index is 0.0842. The van der Waals surface area contributed by atoms with Crippen LogP contribution in [0, 0.1) is 5.82 Å². The van der Waals surface area contributed by atoms with Crippen molar-refractivity contribution in [3.8, 4) is 11.5 Å². The van der Waals surface area contributed by atoms with Crippen molar-refractivity contribution in [1.82, 2.24) is 5.32 Å². The molecular weight excluding hydrogens is 529 g/mol. The zero-order chi connectivity index (χ0) is 29.2. The van der Waals surface area contributed by atoms with Crippen molar-refractivity contribution in [2.75, 3.05) is 11.1 Å². The Morgan fingerprint density at radius 2 is 1.54 bits per heavy atom. The molecule has 0 saturated heterocycles. The van der Waals surface area contributed by atoms with E-state index in [0.717, 1.165) is 18.2 Å². The predicted octanol–water partition coefficient (Wildman–Crippen LogP) is 5.36. The van der Waals surface area contributed by atoms with Crippen molar-refractivity contribution in [3.05, 3.63) is 132 Å². The minimum Gasteiger partial charge on any atom is -0.505 e. The van der Waals surface area contributed by atoms with E-state index in [4.69, 9.17) is 15.2 Å². The zero-order valence-corrected chi connectivity index (χ0v) is 21.6. The molecule has 208 valence electrons. The highest BCUT2D eigenvalue weighted by molar-refractivity contribution is 6.03. The average molecular weight is 556 g/mol. The van der Waals surface area contributed by atoms with Crippen molar-refractivity contribution in [2.45, 2.75) is 12.2 Å². The number of carbonyl (C=O) groups is 3. The molecule has 4 aromatic rings. The Labute approximate surface area is 235 Å². The van der Waals surface area contributed by atoms with Crippen LogP contribution in [0.2, 0.25) is 0 Å². The molecule has 4 aromatic carbocycles. The summed E-state index contributed by atoms with van der Waals surface area (Å²) in [4.78, 5) is 38.1. The maximum Gasteiger partial charge on any atom is 0.414 e. The number of carbonyl (C=O) groups excluding carboxylic acids is 3. The molecule has 0 aromatic heterocycles. The molecule has 0 unspecified atom stereocenters. The number of phenols is 1. The Balaban J connectivity index is 1.64. The van der Waals surface area contributed by atoms with Gasteiger partial charge in [-0.3, -0.25) is 14.9 Å². The number of nitrogen functional groups attached to an aromatic ring is 1. The lowest BCUT2D eigenvalue weighted by Crippen LogP contribution is -2.36. The van der Waals surface area contributed by atoms with Crippen molar-refractivity contribution >= 4 is 29.3 Å². The van der Waals surface area contributed by atoms with E-state index in [9.17, 15) is 23.9 Å². The summed E-state index contributed by atoms with van der Waals surface area (Å²) < 4.78 is 26.0. The van der Waals surface area contributed by atoms with E-state index in [1.807, 2.05) is 0 Å². The lowest BCUT2D eigenvalue weighted by atomic mass is 10.0. The highest BCUT2D eigenvalue weighted by Gasteiger charge is 2.29. The van der Waals surface area contributed by atoms with Crippen molar-refractivity contribution < 1.29 is 33.4 Å². The molecule has 5 N–H and O–H groups in total. The van der Waals surface area contributed by atoms with Crippen LogP contribution in [0.5, 0.6) is 11.5 Å². The number of alkyl carbamates (subject to hydrolysis) is 1. The van der Waals surface area contributed by atoms with Gasteiger partial charge in [0.15, 0.2) is 23.8 Å². The van der Waals surface area contributed by atoms with Crippen LogP contribution in [0.25, 0.3) is 0 Å². The van der Waals surface area contributed by atoms with E-state index in [2.05, 4.69) is 10.6 Å². The fraction of sp³-hybridized carbons (Fsp3) is 0.0645. The molecule has 0 aliphatic rings. The largest absolute Gasteiger partial charge is 0.505 e. The van der Waals surface area contributed by atoms with E-state index >= 15 is 0 Å². The predicted molar refractivity (Wildman–Crippen MR) is 151 cm³/mol. The highest BCUT2D eigenvalue weighted by atomic mass is 19.1. The first kappa shape index (κ1) is 28.4. The highest BCUT2D eigenvalue weighted by Crippen LogP contribution is 2.30. The van der Waals surface area contributed by atoms with E-state index in [-0.39, 0.29) is 11.1 Å². The van der Waals surface area contributed by atoms with E-state index in [1.165, 1.54) is 24.3 Å². The van der Waals surface area contributed by atoms with Crippen molar-refractivity contribution in [1.29, 1.82) is 0 Å². The van der Waals surface area contributed by atoms with Gasteiger partial charge in [-0.25, -0.2) is 9.18 Å². The van der Waals surface area contributed by atoms with Gasteiger partial charge < -0.3 is 25.6 Å². The van der Waals surface area contributed by atoms with Gasteiger partial charge in [0, 0.05) is 11.6 Å². The van der Waals surface area contributed by atoms with Crippen LogP contribution < -0.4 is 21.1 Å². The summed E-state index contributed by atoms with van der Waals surface area (Å²) in [5.74, 6) is -2.53. The molecule has 3 amide bonds. The Hall–Kier alpha value is -5.64. The Morgan fingerprint density at radius 3 is 2.22 bits per heavy atom. The van der Waals surface area contributed by atoms with Crippen LogP contribution in [0.3, 0.4) is 0 Å². The van der Waals surface area contributed by atoms with Gasteiger partial charge >= 0.3 is 6.09 Å². The van der Waals surface area contributed by atoms with Crippen LogP contribution in [0.4, 0.5) is 20.6 Å². The summed E-state index contributed by atoms with van der Waals surface area (Å²) in [6.07, 6.45) is -1.24. The quantitative estimate of drug-likeness (QED) is 0.161. The second-order valence-corrected chi connectivity index (χ2v) is 8.69. The number of nitrogens with one attached hydrogen (secondary N) is 2. The number of amides is 3. The number of ether oxygens (including phenoxy) is 2. The minimum atomic E-state index is -1.38. The summed E-state index contributed by atoms with van der Waals surface area (Å²) in [6, 6.07) is 26.5. The summed E-state index contributed by atoms with van der Waals surface area (Å²) in [5, 5.41) is 14.5. The first-order chi connectivity index (χ1) is 19.8. The third kappa shape index (κ3) is 7.93. The fourth-order valence-electron chi connectivity index (χ4n) is 3.75. The molecule has 0 saturated carbocycles. The molecule has 41 heavy (non-hydrogen) atoms. The SMILES string of the molecule is Nc1ccccc1NC(=O)/C=C/[C@H](Oc1ccccc1)[C@@H](OC(=O)NC(=O)c1ccccc1)c1ccc(O)c(F)c1. The van der Waals surface area contributed by atoms with Crippen LogP contribution in [0.1, 0.15) is 22.0 Å². The summed E-state index contributed by atoms with van der Waals surface area (Å²) in [6.45, 7) is 0. The number of para-hydroxylation sites is 3. The first-order valence-electron chi connectivity index (χ1n) is 12.4. The number of halogens is 1. The van der Waals surface area contributed by atoms with Crippen LogP contribution >= 0.6 is 0 Å². The number of rotatable bonds is 9. The Morgan fingerprint density at radius 1 is 0.878 bits per heavy atom. The molecule has 0 bridgehead atoms. The number of aromatic hydroxyl groups is 1. The second kappa shape index (κ2) is 13.4. The van der Waals surface area contributed by atoms with Crippen molar-refractivity contribution in [3.63, 3.8) is 0 Å². The summed E-state index contributed by atoms with van der Waals surface area (Å²) >= 11 is 0. The molecule has 0 heterocycles. The van der Waals surface area contributed by atoms with Gasteiger partial charge in [0.2, 0.25) is 5.91 Å². The smallest absolute Gasteiger partial charge is 0.414 e. The number of imide groups is 1. The van der Waals surface area contributed by atoms with Gasteiger partial charge in [0.05, 0.1) is 11.4 Å². The number of hydrogen-bond donors (Lipinski definition) is 4. The van der Waals surface area contributed by atoms with Gasteiger partial charge in [0.25, 0.3) is 5.91 Å². The third-order valence-electron chi connectivity index (χ3n) is 5.76. The maximum absolute atomic E-state index is 14.4. The van der Waals surface area contributed by atoms with Crippen LogP contribution in [-0.2, 0) is 9.53 Å². The van der Waals surface area contributed by atoms with Gasteiger partial charge in [-0.1, -0.05) is 54.6 Å². The first-order valence-corrected chi connectivity index (χ1v) is 12.4. The molecule has 0 fully saturated rings. The van der Waals surface area contributed by atoms with E-state index in [0.29, 0.717) is 17.1 Å². The van der Waals surface area contributed by atoms with E-state index < -0.39 is 41.7 Å². The molecule has 0 aliphatic heterocycles. The molecule has 10 heteroatoms. The van der Waals surface area contributed by atoms with Crippen molar-refractivity contribution in [2.24, 2.45) is 0 Å². The van der Waals surface area contributed by atoms with Gasteiger partial charge in [-0.05, 0) is 60.2 Å². The van der Waals surface area contributed by atoms with Gasteiger partial charge in [-0.15, -0.1) is 0 Å². The molecule has 0 spiro atoms. The summed E-state index contributed by atoms with van der Waals surface area (Å²) in [7, 11) is 0. The third-order valence-corrected chi connectivity index (χ3v) is 5.76. The van der Waals surface area contributed by atoms with Gasteiger partial charge in [-0.2, -0.15) is 0 Å². The topological polar surface area (TPSA) is 140 Å². The normalized spacial score (nSPS) is 12.2. The molecule has 4 rings (SSSR count). The Bertz CT molecular complexity index is 1550. The van der Waals surface area contributed by atoms with E-state index in [1.54, 1.807) is 72.8 Å². The van der Waals surface area contributed by atoms with Gasteiger partial charge in [0.1, 0.15) is 5.75 Å². The number of nitrogens with two attached hydrogens (primary N) is 1. The standard InChI is InChI=1S/C31H26FN3O6/c32-23-19-21(15-16-26(23)36)29(41-31(39)35-30(38)20-9-3-1-4-10-20)27(40-22-11-5-2-6-12-22)17-18-28(37)34-25-14-8-7-13-24(25)33/h1-19,27,29,36H,33H2,(H,34,37)(H,35,38,39)/b18-17+/t27-,29-/m0/s1. The lowest BCUT2D eigenvalue weighted by molar-refractivity contribution is -0.112. The molecule has 2 atom stereocenters. The number of benzene rings is 4. The van der Waals surface area contributed by atoms with Crippen LogP contribution in [-0.4, -0.2) is 29.1 Å². The number of hydrogen-bond acceptors (Lipinski definition) is 7. The molecule has 0 radical (unpaired) electrons. The Kier molecular flexibility index (Phi) is 9.29. The molecule has 9 nitrogen and oxygen atoms in total. The lowest BCUT2D eigenvalue weighted by Gasteiger charge is -2.26. The molecular formula is C31H26FN3O6. The monoisotopic (exact) mass is 555 g/mol. The number of anilines is 2. The number of phenolic OH excluding ortho intramolecular Hbond substituents is 1. The molecule has 0 aliphatic carbocycles. The fourth-order valence-corrected chi connectivity index (χ4v) is 3.75.